The van der Waals surface area contributed by atoms with Crippen molar-refractivity contribution in [2.75, 3.05) is 17.2 Å². The summed E-state index contributed by atoms with van der Waals surface area (Å²) in [6, 6.07) is 18.0. The highest BCUT2D eigenvalue weighted by molar-refractivity contribution is 5.60. The van der Waals surface area contributed by atoms with Gasteiger partial charge in [-0.15, -0.1) is 0 Å². The Kier molecular flexibility index (Phi) is 5.69. The smallest absolute Gasteiger partial charge is 0.229 e. The summed E-state index contributed by atoms with van der Waals surface area (Å²) in [5.41, 5.74) is 3.22. The Labute approximate surface area is 154 Å². The molecular formula is C21H24N4O. The Morgan fingerprint density at radius 2 is 1.54 bits per heavy atom. The monoisotopic (exact) mass is 348 g/mol. The topological polar surface area (TPSA) is 59.1 Å². The van der Waals surface area contributed by atoms with Crippen molar-refractivity contribution in [3.05, 3.63) is 66.4 Å². The van der Waals surface area contributed by atoms with Gasteiger partial charge in [-0.1, -0.05) is 26.0 Å². The Balaban J connectivity index is 1.67. The van der Waals surface area contributed by atoms with Gasteiger partial charge in [-0.05, 0) is 60.9 Å². The Bertz CT molecular complexity index is 829. The van der Waals surface area contributed by atoms with Crippen molar-refractivity contribution in [2.45, 2.75) is 26.7 Å². The molecule has 134 valence electrons. The SMILES string of the molecule is CCOc1ccc(Nc2ccnc(Nc3ccc(C(C)C)cc3)n2)cc1. The average Bonchev–Trinajstić information content (AvgIpc) is 2.64. The van der Waals surface area contributed by atoms with E-state index in [4.69, 9.17) is 4.74 Å². The summed E-state index contributed by atoms with van der Waals surface area (Å²) in [4.78, 5) is 8.81. The van der Waals surface area contributed by atoms with Gasteiger partial charge in [0.2, 0.25) is 5.95 Å². The van der Waals surface area contributed by atoms with Crippen LogP contribution < -0.4 is 15.4 Å². The van der Waals surface area contributed by atoms with Crippen LogP contribution in [0.5, 0.6) is 5.75 Å². The molecule has 0 spiro atoms. The molecule has 0 amide bonds. The normalized spacial score (nSPS) is 10.6. The number of hydrogen-bond acceptors (Lipinski definition) is 5. The second kappa shape index (κ2) is 8.34. The first-order valence-corrected chi connectivity index (χ1v) is 8.84. The molecule has 26 heavy (non-hydrogen) atoms. The quantitative estimate of drug-likeness (QED) is 0.591. The van der Waals surface area contributed by atoms with Crippen LogP contribution in [0, 0.1) is 0 Å². The number of nitrogens with one attached hydrogen (secondary N) is 2. The number of aromatic nitrogens is 2. The zero-order valence-electron chi connectivity index (χ0n) is 15.4. The first-order chi connectivity index (χ1) is 12.6. The molecule has 3 rings (SSSR count). The number of benzene rings is 2. The van der Waals surface area contributed by atoms with Gasteiger partial charge in [0.15, 0.2) is 0 Å². The molecule has 2 N–H and O–H groups in total. The van der Waals surface area contributed by atoms with Gasteiger partial charge in [-0.2, -0.15) is 4.98 Å². The molecule has 0 saturated heterocycles. The summed E-state index contributed by atoms with van der Waals surface area (Å²) >= 11 is 0. The van der Waals surface area contributed by atoms with Crippen molar-refractivity contribution in [1.29, 1.82) is 0 Å². The van der Waals surface area contributed by atoms with Crippen LogP contribution in [0.25, 0.3) is 0 Å². The molecule has 0 bridgehead atoms. The van der Waals surface area contributed by atoms with E-state index in [0.29, 0.717) is 18.5 Å². The predicted octanol–water partition coefficient (Wildman–Crippen LogP) is 5.49. The van der Waals surface area contributed by atoms with Crippen LogP contribution in [-0.2, 0) is 0 Å². The van der Waals surface area contributed by atoms with Crippen LogP contribution in [-0.4, -0.2) is 16.6 Å². The lowest BCUT2D eigenvalue weighted by Gasteiger charge is -2.10. The molecule has 0 saturated carbocycles. The van der Waals surface area contributed by atoms with Gasteiger partial charge in [0, 0.05) is 17.6 Å². The van der Waals surface area contributed by atoms with Crippen LogP contribution in [0.3, 0.4) is 0 Å². The van der Waals surface area contributed by atoms with Crippen LogP contribution in [0.2, 0.25) is 0 Å². The molecule has 0 atom stereocenters. The van der Waals surface area contributed by atoms with E-state index in [0.717, 1.165) is 22.9 Å². The summed E-state index contributed by atoms with van der Waals surface area (Å²) in [6.07, 6.45) is 1.73. The highest BCUT2D eigenvalue weighted by atomic mass is 16.5. The minimum Gasteiger partial charge on any atom is -0.494 e. The molecule has 3 aromatic rings. The van der Waals surface area contributed by atoms with Gasteiger partial charge >= 0.3 is 0 Å². The Hall–Kier alpha value is -3.08. The van der Waals surface area contributed by atoms with Crippen molar-refractivity contribution >= 4 is 23.1 Å². The molecule has 0 aliphatic rings. The molecule has 0 radical (unpaired) electrons. The van der Waals surface area contributed by atoms with Crippen LogP contribution in [0.1, 0.15) is 32.3 Å². The summed E-state index contributed by atoms with van der Waals surface area (Å²) in [5, 5.41) is 6.52. The summed E-state index contributed by atoms with van der Waals surface area (Å²) < 4.78 is 5.46. The van der Waals surface area contributed by atoms with E-state index in [9.17, 15) is 0 Å². The third-order valence-electron chi connectivity index (χ3n) is 3.93. The van der Waals surface area contributed by atoms with E-state index in [1.807, 2.05) is 49.4 Å². The highest BCUT2D eigenvalue weighted by Crippen LogP contribution is 2.21. The maximum absolute atomic E-state index is 5.46. The number of hydrogen-bond donors (Lipinski definition) is 2. The fraction of sp³-hybridized carbons (Fsp3) is 0.238. The van der Waals surface area contributed by atoms with Crippen molar-refractivity contribution in [3.8, 4) is 5.75 Å². The summed E-state index contributed by atoms with van der Waals surface area (Å²) in [6.45, 7) is 6.99. The molecule has 0 aliphatic carbocycles. The van der Waals surface area contributed by atoms with Crippen LogP contribution >= 0.6 is 0 Å². The second-order valence-electron chi connectivity index (χ2n) is 6.25. The van der Waals surface area contributed by atoms with Gasteiger partial charge in [0.25, 0.3) is 0 Å². The second-order valence-corrected chi connectivity index (χ2v) is 6.25. The molecule has 1 aromatic heterocycles. The predicted molar refractivity (Wildman–Crippen MR) is 107 cm³/mol. The highest BCUT2D eigenvalue weighted by Gasteiger charge is 2.03. The third kappa shape index (κ3) is 4.72. The Morgan fingerprint density at radius 3 is 2.19 bits per heavy atom. The van der Waals surface area contributed by atoms with Gasteiger partial charge < -0.3 is 15.4 Å². The molecular weight excluding hydrogens is 324 g/mol. The average molecular weight is 348 g/mol. The van der Waals surface area contributed by atoms with E-state index in [1.54, 1.807) is 6.20 Å². The molecule has 5 heteroatoms. The molecule has 5 nitrogen and oxygen atoms in total. The van der Waals surface area contributed by atoms with E-state index < -0.39 is 0 Å². The largest absolute Gasteiger partial charge is 0.494 e. The number of ether oxygens (including phenoxy) is 1. The van der Waals surface area contributed by atoms with Crippen molar-refractivity contribution in [2.24, 2.45) is 0 Å². The van der Waals surface area contributed by atoms with Gasteiger partial charge in [0.1, 0.15) is 11.6 Å². The molecule has 0 unspecified atom stereocenters. The zero-order chi connectivity index (χ0) is 18.4. The lowest BCUT2D eigenvalue weighted by atomic mass is 10.0. The molecule has 2 aromatic carbocycles. The maximum atomic E-state index is 5.46. The van der Waals surface area contributed by atoms with Crippen LogP contribution in [0.15, 0.2) is 60.8 Å². The first kappa shape index (κ1) is 17.7. The van der Waals surface area contributed by atoms with E-state index in [2.05, 4.69) is 46.6 Å². The standard InChI is InChI=1S/C21H24N4O/c1-4-26-19-11-9-17(10-12-19)23-20-13-14-22-21(25-20)24-18-7-5-16(6-8-18)15(2)3/h5-15H,4H2,1-3H3,(H2,22,23,24,25). The lowest BCUT2D eigenvalue weighted by molar-refractivity contribution is 0.340. The van der Waals surface area contributed by atoms with Gasteiger partial charge in [0.05, 0.1) is 6.61 Å². The van der Waals surface area contributed by atoms with Gasteiger partial charge in [-0.25, -0.2) is 4.98 Å². The van der Waals surface area contributed by atoms with Crippen LogP contribution in [0.4, 0.5) is 23.1 Å². The van der Waals surface area contributed by atoms with E-state index in [-0.39, 0.29) is 0 Å². The molecule has 0 fully saturated rings. The van der Waals surface area contributed by atoms with Crippen molar-refractivity contribution in [3.63, 3.8) is 0 Å². The third-order valence-corrected chi connectivity index (χ3v) is 3.93. The lowest BCUT2D eigenvalue weighted by Crippen LogP contribution is -2.00. The Morgan fingerprint density at radius 1 is 0.885 bits per heavy atom. The fourth-order valence-electron chi connectivity index (χ4n) is 2.52. The molecule has 1 heterocycles. The summed E-state index contributed by atoms with van der Waals surface area (Å²) in [7, 11) is 0. The maximum Gasteiger partial charge on any atom is 0.229 e. The number of anilines is 4. The summed E-state index contributed by atoms with van der Waals surface area (Å²) in [5.74, 6) is 2.65. The molecule has 0 aliphatic heterocycles. The minimum atomic E-state index is 0.516. The number of nitrogens with zero attached hydrogens (tertiary/aromatic N) is 2. The van der Waals surface area contributed by atoms with Crippen molar-refractivity contribution < 1.29 is 4.74 Å². The van der Waals surface area contributed by atoms with Crippen molar-refractivity contribution in [1.82, 2.24) is 9.97 Å². The first-order valence-electron chi connectivity index (χ1n) is 8.84. The zero-order valence-corrected chi connectivity index (χ0v) is 15.4. The minimum absolute atomic E-state index is 0.516. The fourth-order valence-corrected chi connectivity index (χ4v) is 2.52. The van der Waals surface area contributed by atoms with E-state index >= 15 is 0 Å². The van der Waals surface area contributed by atoms with Gasteiger partial charge in [-0.3, -0.25) is 0 Å². The van der Waals surface area contributed by atoms with E-state index in [1.165, 1.54) is 5.56 Å². The number of rotatable bonds is 7.